The summed E-state index contributed by atoms with van der Waals surface area (Å²) in [7, 11) is 0. The molecule has 0 amide bonds. The Morgan fingerprint density at radius 2 is 2.00 bits per heavy atom. The van der Waals surface area contributed by atoms with Crippen LogP contribution in [-0.4, -0.2) is 24.8 Å². The van der Waals surface area contributed by atoms with Crippen LogP contribution in [0.1, 0.15) is 40.5 Å². The van der Waals surface area contributed by atoms with Crippen molar-refractivity contribution in [1.82, 2.24) is 5.32 Å². The molecule has 1 N–H and O–H groups in total. The van der Waals surface area contributed by atoms with Crippen LogP contribution in [0.15, 0.2) is 0 Å². The lowest BCUT2D eigenvalue weighted by Crippen LogP contribution is -2.34. The maximum Gasteiger partial charge on any atom is 0.0976 e. The molecule has 0 bridgehead atoms. The molecule has 0 aliphatic rings. The molecular weight excluding hydrogens is 176 g/mol. The molecule has 0 aromatic rings. The molecule has 0 aliphatic heterocycles. The molecule has 0 radical (unpaired) electrons. The van der Waals surface area contributed by atoms with Crippen LogP contribution in [0.25, 0.3) is 0 Å². The first-order valence-electron chi connectivity index (χ1n) is 5.37. The molecule has 0 aromatic heterocycles. The summed E-state index contributed by atoms with van der Waals surface area (Å²) in [5, 5.41) is 12.0. The molecule has 0 rings (SSSR count). The Morgan fingerprint density at radius 1 is 1.36 bits per heavy atom. The minimum absolute atomic E-state index is 0.0842. The van der Waals surface area contributed by atoms with Gasteiger partial charge in [-0.15, -0.1) is 0 Å². The first-order chi connectivity index (χ1) is 6.60. The second-order valence-electron chi connectivity index (χ2n) is 3.88. The van der Waals surface area contributed by atoms with Crippen molar-refractivity contribution in [1.29, 1.82) is 5.26 Å². The lowest BCUT2D eigenvalue weighted by molar-refractivity contribution is 0.0592. The molecule has 0 aliphatic carbocycles. The summed E-state index contributed by atoms with van der Waals surface area (Å²) in [6, 6.07) is 2.50. The zero-order chi connectivity index (χ0) is 11.0. The minimum atomic E-state index is -0.0842. The van der Waals surface area contributed by atoms with E-state index in [0.29, 0.717) is 18.8 Å². The Balaban J connectivity index is 3.59. The SMILES string of the molecule is CCC(C)OCCC(C#N)NC(C)C. The molecule has 2 atom stereocenters. The van der Waals surface area contributed by atoms with Gasteiger partial charge in [0, 0.05) is 12.6 Å². The van der Waals surface area contributed by atoms with Crippen LogP contribution in [-0.2, 0) is 4.74 Å². The van der Waals surface area contributed by atoms with Gasteiger partial charge in [-0.3, -0.25) is 5.32 Å². The van der Waals surface area contributed by atoms with Gasteiger partial charge in [0.2, 0.25) is 0 Å². The summed E-state index contributed by atoms with van der Waals surface area (Å²) < 4.78 is 5.51. The molecule has 3 heteroatoms. The van der Waals surface area contributed by atoms with E-state index < -0.39 is 0 Å². The summed E-state index contributed by atoms with van der Waals surface area (Å²) in [5.74, 6) is 0. The highest BCUT2D eigenvalue weighted by Crippen LogP contribution is 1.99. The topological polar surface area (TPSA) is 45.0 Å². The average Bonchev–Trinajstić information content (AvgIpc) is 2.15. The van der Waals surface area contributed by atoms with E-state index in [1.54, 1.807) is 0 Å². The Hall–Kier alpha value is -0.590. The van der Waals surface area contributed by atoms with Crippen LogP contribution in [0.5, 0.6) is 0 Å². The van der Waals surface area contributed by atoms with Crippen LogP contribution in [0, 0.1) is 11.3 Å². The highest BCUT2D eigenvalue weighted by Gasteiger charge is 2.08. The number of rotatable bonds is 7. The van der Waals surface area contributed by atoms with E-state index in [1.807, 2.05) is 13.8 Å². The maximum atomic E-state index is 8.83. The molecule has 14 heavy (non-hydrogen) atoms. The fraction of sp³-hybridized carbons (Fsp3) is 0.909. The van der Waals surface area contributed by atoms with Gasteiger partial charge in [0.05, 0.1) is 18.2 Å². The molecule has 0 fully saturated rings. The van der Waals surface area contributed by atoms with E-state index in [2.05, 4.69) is 25.2 Å². The van der Waals surface area contributed by atoms with Gasteiger partial charge >= 0.3 is 0 Å². The normalized spacial score (nSPS) is 15.1. The number of nitriles is 1. The number of hydrogen-bond donors (Lipinski definition) is 1. The fourth-order valence-electron chi connectivity index (χ4n) is 1.09. The summed E-state index contributed by atoms with van der Waals surface area (Å²) >= 11 is 0. The van der Waals surface area contributed by atoms with Crippen molar-refractivity contribution in [2.45, 2.75) is 58.7 Å². The second kappa shape index (κ2) is 7.78. The summed E-state index contributed by atoms with van der Waals surface area (Å²) in [4.78, 5) is 0. The lowest BCUT2D eigenvalue weighted by Gasteiger charge is -2.16. The average molecular weight is 198 g/mol. The van der Waals surface area contributed by atoms with Crippen LogP contribution in [0.3, 0.4) is 0 Å². The third-order valence-electron chi connectivity index (χ3n) is 2.07. The number of nitrogens with one attached hydrogen (secondary N) is 1. The lowest BCUT2D eigenvalue weighted by atomic mass is 10.2. The van der Waals surface area contributed by atoms with Crippen molar-refractivity contribution in [2.75, 3.05) is 6.61 Å². The van der Waals surface area contributed by atoms with Gasteiger partial charge in [0.25, 0.3) is 0 Å². The molecule has 2 unspecified atom stereocenters. The Bertz CT molecular complexity index is 175. The van der Waals surface area contributed by atoms with Crippen LogP contribution < -0.4 is 5.32 Å². The number of nitrogens with zero attached hydrogens (tertiary/aromatic N) is 1. The van der Waals surface area contributed by atoms with E-state index in [-0.39, 0.29) is 6.04 Å². The van der Waals surface area contributed by atoms with Gasteiger partial charge in [-0.05, 0) is 33.6 Å². The van der Waals surface area contributed by atoms with E-state index >= 15 is 0 Å². The third kappa shape index (κ3) is 6.88. The van der Waals surface area contributed by atoms with Gasteiger partial charge < -0.3 is 4.74 Å². The van der Waals surface area contributed by atoms with Crippen LogP contribution in [0.2, 0.25) is 0 Å². The Labute approximate surface area is 87.4 Å². The summed E-state index contributed by atoms with van der Waals surface area (Å²) in [6.45, 7) is 8.89. The van der Waals surface area contributed by atoms with Gasteiger partial charge in [0.15, 0.2) is 0 Å². The standard InChI is InChI=1S/C11H22N2O/c1-5-10(4)14-7-6-11(8-12)13-9(2)3/h9-11,13H,5-7H2,1-4H3. The third-order valence-corrected chi connectivity index (χ3v) is 2.07. The van der Waals surface area contributed by atoms with E-state index in [1.165, 1.54) is 0 Å². The second-order valence-corrected chi connectivity index (χ2v) is 3.88. The van der Waals surface area contributed by atoms with E-state index in [9.17, 15) is 0 Å². The molecule has 0 spiro atoms. The largest absolute Gasteiger partial charge is 0.378 e. The molecule has 0 heterocycles. The Morgan fingerprint density at radius 3 is 2.43 bits per heavy atom. The van der Waals surface area contributed by atoms with Crippen molar-refractivity contribution in [2.24, 2.45) is 0 Å². The van der Waals surface area contributed by atoms with Gasteiger partial charge in [-0.1, -0.05) is 6.92 Å². The first-order valence-corrected chi connectivity index (χ1v) is 5.37. The molecule has 0 aromatic carbocycles. The molecule has 0 saturated carbocycles. The van der Waals surface area contributed by atoms with Crippen molar-refractivity contribution < 1.29 is 4.74 Å². The van der Waals surface area contributed by atoms with Crippen molar-refractivity contribution in [3.8, 4) is 6.07 Å². The smallest absolute Gasteiger partial charge is 0.0976 e. The number of hydrogen-bond acceptors (Lipinski definition) is 3. The minimum Gasteiger partial charge on any atom is -0.378 e. The maximum absolute atomic E-state index is 8.83. The first kappa shape index (κ1) is 13.4. The molecule has 0 saturated heterocycles. The molecular formula is C11H22N2O. The summed E-state index contributed by atoms with van der Waals surface area (Å²) in [6.07, 6.45) is 2.09. The van der Waals surface area contributed by atoms with E-state index in [0.717, 1.165) is 12.8 Å². The highest BCUT2D eigenvalue weighted by atomic mass is 16.5. The highest BCUT2D eigenvalue weighted by molar-refractivity contribution is 4.90. The van der Waals surface area contributed by atoms with Crippen LogP contribution in [0.4, 0.5) is 0 Å². The van der Waals surface area contributed by atoms with Crippen molar-refractivity contribution in [3.05, 3.63) is 0 Å². The van der Waals surface area contributed by atoms with Gasteiger partial charge in [-0.2, -0.15) is 5.26 Å². The molecule has 3 nitrogen and oxygen atoms in total. The van der Waals surface area contributed by atoms with Crippen LogP contribution >= 0.6 is 0 Å². The summed E-state index contributed by atoms with van der Waals surface area (Å²) in [5.41, 5.74) is 0. The zero-order valence-corrected chi connectivity index (χ0v) is 9.71. The number of ether oxygens (including phenoxy) is 1. The van der Waals surface area contributed by atoms with Gasteiger partial charge in [-0.25, -0.2) is 0 Å². The Kier molecular flexibility index (Phi) is 7.45. The molecule has 82 valence electrons. The van der Waals surface area contributed by atoms with Crippen molar-refractivity contribution in [3.63, 3.8) is 0 Å². The van der Waals surface area contributed by atoms with E-state index in [4.69, 9.17) is 10.00 Å². The fourth-order valence-corrected chi connectivity index (χ4v) is 1.09. The van der Waals surface area contributed by atoms with Gasteiger partial charge in [0.1, 0.15) is 0 Å². The quantitative estimate of drug-likeness (QED) is 0.681. The monoisotopic (exact) mass is 198 g/mol. The zero-order valence-electron chi connectivity index (χ0n) is 9.71. The predicted molar refractivity (Wildman–Crippen MR) is 58.0 cm³/mol. The van der Waals surface area contributed by atoms with Crippen molar-refractivity contribution >= 4 is 0 Å². The predicted octanol–water partition coefficient (Wildman–Crippen LogP) is 2.08.